The largest absolute Gasteiger partial charge is 0.508 e. The lowest BCUT2D eigenvalue weighted by atomic mass is 9.54. The zero-order chi connectivity index (χ0) is 30.5. The van der Waals surface area contributed by atoms with Crippen LogP contribution < -0.4 is 11.1 Å². The van der Waals surface area contributed by atoms with Crippen molar-refractivity contribution in [3.8, 4) is 5.75 Å². The Bertz CT molecular complexity index is 1390. The molecule has 0 aromatic heterocycles. The fourth-order valence-corrected chi connectivity index (χ4v) is 7.10. The van der Waals surface area contributed by atoms with Crippen molar-refractivity contribution in [1.82, 2.24) is 4.90 Å². The first kappa shape index (κ1) is 30.6. The van der Waals surface area contributed by atoms with Gasteiger partial charge < -0.3 is 36.6 Å². The van der Waals surface area contributed by atoms with E-state index in [-0.39, 0.29) is 11.3 Å². The Labute approximate surface area is 240 Å². The summed E-state index contributed by atoms with van der Waals surface area (Å²) in [7, 11) is 2.89. The molecule has 0 aliphatic heterocycles. The number of aliphatic hydroxyl groups excluding tert-OH is 3. The third-order valence-electron chi connectivity index (χ3n) is 8.35. The van der Waals surface area contributed by atoms with Crippen LogP contribution in [0.15, 0.2) is 29.0 Å². The average molecular weight is 590 g/mol. The molecular formula is C28H35N3O9S. The molecule has 41 heavy (non-hydrogen) atoms. The smallest absolute Gasteiger partial charge is 0.283 e. The van der Waals surface area contributed by atoms with Crippen molar-refractivity contribution in [2.75, 3.05) is 25.2 Å². The SMILES string of the molecule is CCCCCSC(=O)Nc1ccc2c(c1O)C(O)=C1C(=O)[C@]3(O)C(O)=C(C(N)=O)C(=O)[C@@H](N(C)C)C3[C@@H](O)C1[C@H]2C. The van der Waals surface area contributed by atoms with Crippen LogP contribution >= 0.6 is 11.8 Å². The number of amides is 2. The number of unbranched alkanes of at least 4 members (excludes halogenated alkanes) is 2. The molecule has 0 saturated heterocycles. The summed E-state index contributed by atoms with van der Waals surface area (Å²) in [5, 5.41) is 59.0. The molecular weight excluding hydrogens is 554 g/mol. The number of benzene rings is 1. The number of carbonyl (C=O) groups is 4. The molecule has 3 aliphatic rings. The predicted octanol–water partition coefficient (Wildman–Crippen LogP) is 1.95. The van der Waals surface area contributed by atoms with Crippen molar-refractivity contribution < 1.29 is 44.7 Å². The standard InChI is InChI=1S/C28H35N3O9S/c1-5-6-7-10-41-27(39)30-13-9-8-12-11(2)14-16(21(33)15(12)20(13)32)24(36)28(40)18(22(14)34)19(31(3)4)23(35)17(25(28)37)26(29)38/h8-9,11,14,18-19,22,32-34,37,40H,5-7,10H2,1-4H3,(H2,29,38)(H,30,39)/t11-,14?,18?,19-,22-,28-/m0/s1. The van der Waals surface area contributed by atoms with Crippen LogP contribution in [0.2, 0.25) is 0 Å². The number of hydrogen-bond acceptors (Lipinski definition) is 11. The van der Waals surface area contributed by atoms with Gasteiger partial charge in [-0.2, -0.15) is 0 Å². The fourth-order valence-electron chi connectivity index (χ4n) is 6.38. The fraction of sp³-hybridized carbons (Fsp3) is 0.500. The number of fused-ring (bicyclic) bond motifs is 3. The number of phenols is 1. The number of nitrogens with two attached hydrogens (primary N) is 1. The molecule has 1 fully saturated rings. The predicted molar refractivity (Wildman–Crippen MR) is 151 cm³/mol. The molecule has 0 spiro atoms. The molecule has 1 saturated carbocycles. The number of ketones is 2. The number of rotatable bonds is 7. The lowest BCUT2D eigenvalue weighted by Crippen LogP contribution is -2.70. The van der Waals surface area contributed by atoms with Gasteiger partial charge in [-0.05, 0) is 38.1 Å². The topological polar surface area (TPSA) is 211 Å². The Balaban J connectivity index is 1.85. The number of phenolic OH excluding ortho intramolecular Hbond substituents is 1. The van der Waals surface area contributed by atoms with E-state index < -0.39 is 86.6 Å². The van der Waals surface area contributed by atoms with Gasteiger partial charge in [-0.25, -0.2) is 0 Å². The molecule has 8 N–H and O–H groups in total. The zero-order valence-electron chi connectivity index (χ0n) is 23.2. The Morgan fingerprint density at radius 1 is 1.15 bits per heavy atom. The first-order chi connectivity index (χ1) is 19.2. The number of hydrogen-bond donors (Lipinski definition) is 7. The summed E-state index contributed by atoms with van der Waals surface area (Å²) in [6.07, 6.45) is 1.12. The lowest BCUT2D eigenvalue weighted by Gasteiger charge is -2.53. The van der Waals surface area contributed by atoms with Crippen LogP contribution in [0.3, 0.4) is 0 Å². The van der Waals surface area contributed by atoms with Crippen molar-refractivity contribution in [1.29, 1.82) is 0 Å². The first-order valence-corrected chi connectivity index (χ1v) is 14.3. The number of aliphatic hydroxyl groups is 4. The third kappa shape index (κ3) is 4.60. The lowest BCUT2D eigenvalue weighted by molar-refractivity contribution is -0.169. The van der Waals surface area contributed by atoms with E-state index in [1.165, 1.54) is 25.1 Å². The number of primary amides is 1. The molecule has 222 valence electrons. The van der Waals surface area contributed by atoms with E-state index in [1.54, 1.807) is 13.0 Å². The number of carbonyl (C=O) groups excluding carboxylic acids is 4. The Morgan fingerprint density at radius 2 is 1.80 bits per heavy atom. The summed E-state index contributed by atoms with van der Waals surface area (Å²) in [5.41, 5.74) is 1.01. The number of thioether (sulfide) groups is 1. The Hall–Kier alpha value is -3.39. The molecule has 2 amide bonds. The average Bonchev–Trinajstić information content (AvgIpc) is 2.89. The summed E-state index contributed by atoms with van der Waals surface area (Å²) in [6, 6.07) is 1.57. The molecule has 4 rings (SSSR count). The maximum absolute atomic E-state index is 14.0. The van der Waals surface area contributed by atoms with Gasteiger partial charge >= 0.3 is 0 Å². The summed E-state index contributed by atoms with van der Waals surface area (Å²) in [4.78, 5) is 53.1. The minimum atomic E-state index is -2.99. The van der Waals surface area contributed by atoms with Crippen molar-refractivity contribution >= 4 is 45.9 Å². The van der Waals surface area contributed by atoms with E-state index in [0.717, 1.165) is 31.0 Å². The minimum Gasteiger partial charge on any atom is -0.508 e. The monoisotopic (exact) mass is 589 g/mol. The van der Waals surface area contributed by atoms with Gasteiger partial charge in [-0.3, -0.25) is 24.1 Å². The highest BCUT2D eigenvalue weighted by atomic mass is 32.2. The molecule has 0 heterocycles. The van der Waals surface area contributed by atoms with Crippen LogP contribution in [0.25, 0.3) is 5.76 Å². The normalized spacial score (nSPS) is 29.3. The third-order valence-corrected chi connectivity index (χ3v) is 9.20. The van der Waals surface area contributed by atoms with Gasteiger partial charge in [0, 0.05) is 17.2 Å². The minimum absolute atomic E-state index is 0.0235. The van der Waals surface area contributed by atoms with Gasteiger partial charge in [0.15, 0.2) is 11.4 Å². The van der Waals surface area contributed by atoms with E-state index in [0.29, 0.717) is 11.3 Å². The first-order valence-electron chi connectivity index (χ1n) is 13.3. The highest BCUT2D eigenvalue weighted by Gasteiger charge is 2.68. The summed E-state index contributed by atoms with van der Waals surface area (Å²) < 4.78 is 0. The maximum atomic E-state index is 14.0. The van der Waals surface area contributed by atoms with Crippen LogP contribution in [0.5, 0.6) is 5.75 Å². The van der Waals surface area contributed by atoms with E-state index >= 15 is 0 Å². The number of Topliss-reactive ketones (excluding diaryl/α,β-unsaturated/α-hetero) is 2. The van der Waals surface area contributed by atoms with Gasteiger partial charge in [0.2, 0.25) is 5.78 Å². The highest BCUT2D eigenvalue weighted by Crippen LogP contribution is 2.56. The number of aromatic hydroxyl groups is 1. The van der Waals surface area contributed by atoms with Crippen molar-refractivity contribution in [2.24, 2.45) is 17.6 Å². The van der Waals surface area contributed by atoms with Crippen molar-refractivity contribution in [3.05, 3.63) is 40.2 Å². The molecule has 1 aromatic carbocycles. The van der Waals surface area contributed by atoms with Gasteiger partial charge in [0.05, 0.1) is 29.3 Å². The second-order valence-electron chi connectivity index (χ2n) is 10.9. The zero-order valence-corrected chi connectivity index (χ0v) is 24.0. The highest BCUT2D eigenvalue weighted by molar-refractivity contribution is 8.13. The van der Waals surface area contributed by atoms with Crippen molar-refractivity contribution in [3.63, 3.8) is 0 Å². The molecule has 3 aliphatic carbocycles. The summed E-state index contributed by atoms with van der Waals surface area (Å²) in [5.74, 6) is -9.13. The van der Waals surface area contributed by atoms with E-state index in [1.807, 2.05) is 6.92 Å². The maximum Gasteiger partial charge on any atom is 0.283 e. The molecule has 2 unspecified atom stereocenters. The number of nitrogens with one attached hydrogen (secondary N) is 1. The van der Waals surface area contributed by atoms with Crippen LogP contribution in [0, 0.1) is 11.8 Å². The van der Waals surface area contributed by atoms with Crippen LogP contribution in [0.4, 0.5) is 10.5 Å². The number of likely N-dealkylation sites (N-methyl/N-ethyl adjacent to an activating group) is 1. The van der Waals surface area contributed by atoms with Gasteiger partial charge in [-0.1, -0.05) is 44.5 Å². The molecule has 6 atom stereocenters. The van der Waals surface area contributed by atoms with Crippen LogP contribution in [-0.4, -0.2) is 90.7 Å². The summed E-state index contributed by atoms with van der Waals surface area (Å²) >= 11 is 1.04. The molecule has 0 bridgehead atoms. The van der Waals surface area contributed by atoms with E-state index in [2.05, 4.69) is 5.32 Å². The number of nitrogens with zero attached hydrogens (tertiary/aromatic N) is 1. The number of anilines is 1. The van der Waals surface area contributed by atoms with Crippen LogP contribution in [0.1, 0.15) is 50.2 Å². The molecule has 13 heteroatoms. The molecule has 1 aromatic rings. The second kappa shape index (κ2) is 11.1. The van der Waals surface area contributed by atoms with Crippen LogP contribution in [-0.2, 0) is 14.4 Å². The second-order valence-corrected chi connectivity index (χ2v) is 12.0. The van der Waals surface area contributed by atoms with Gasteiger partial charge in [-0.15, -0.1) is 0 Å². The van der Waals surface area contributed by atoms with Crippen molar-refractivity contribution in [2.45, 2.75) is 56.8 Å². The van der Waals surface area contributed by atoms with E-state index in [4.69, 9.17) is 5.73 Å². The Kier molecular flexibility index (Phi) is 8.29. The summed E-state index contributed by atoms with van der Waals surface area (Å²) in [6.45, 7) is 3.68. The Morgan fingerprint density at radius 3 is 2.39 bits per heavy atom. The molecule has 12 nitrogen and oxygen atoms in total. The van der Waals surface area contributed by atoms with E-state index in [9.17, 15) is 44.7 Å². The van der Waals surface area contributed by atoms with Gasteiger partial charge in [0.1, 0.15) is 22.8 Å². The molecule has 0 radical (unpaired) electrons. The quantitative estimate of drug-likeness (QED) is 0.139. The van der Waals surface area contributed by atoms with Gasteiger partial charge in [0.25, 0.3) is 11.1 Å².